The molecule has 0 unspecified atom stereocenters. The van der Waals surface area contributed by atoms with E-state index in [2.05, 4.69) is 20.9 Å². The Hall–Kier alpha value is -3.06. The molecule has 7 heteroatoms. The average Bonchev–Trinajstić information content (AvgIpc) is 2.73. The van der Waals surface area contributed by atoms with Crippen molar-refractivity contribution in [2.45, 2.75) is 39.3 Å². The molecule has 0 aliphatic rings. The lowest BCUT2D eigenvalue weighted by Gasteiger charge is -2.20. The standard InChI is InChI=1S/C24H34N4O3/c1-24(2,3)28-22(29)19-10-6-9-18(15-19)17-26-23(25-4)27-20-11-7-12-21(16-20)31-14-8-13-30-5/h6-7,9-12,15-16H,8,13-14,17H2,1-5H3,(H,28,29)(H2,25,26,27). The number of amides is 1. The van der Waals surface area contributed by atoms with Crippen molar-refractivity contribution >= 4 is 17.6 Å². The first kappa shape index (κ1) is 24.2. The van der Waals surface area contributed by atoms with Gasteiger partial charge in [-0.15, -0.1) is 0 Å². The highest BCUT2D eigenvalue weighted by molar-refractivity contribution is 5.95. The quantitative estimate of drug-likeness (QED) is 0.323. The summed E-state index contributed by atoms with van der Waals surface area (Å²) in [5.41, 5.74) is 2.21. The van der Waals surface area contributed by atoms with Gasteiger partial charge < -0.3 is 25.4 Å². The van der Waals surface area contributed by atoms with Crippen LogP contribution in [0.1, 0.15) is 43.1 Å². The number of methoxy groups -OCH3 is 1. The molecule has 2 aromatic rings. The summed E-state index contributed by atoms with van der Waals surface area (Å²) in [5.74, 6) is 1.33. The van der Waals surface area contributed by atoms with Crippen LogP contribution in [-0.4, -0.2) is 44.8 Å². The van der Waals surface area contributed by atoms with Crippen LogP contribution in [0.15, 0.2) is 53.5 Å². The summed E-state index contributed by atoms with van der Waals surface area (Å²) in [4.78, 5) is 16.7. The molecular formula is C24H34N4O3. The molecular weight excluding hydrogens is 392 g/mol. The molecule has 0 radical (unpaired) electrons. The van der Waals surface area contributed by atoms with E-state index in [0.29, 0.717) is 31.3 Å². The molecule has 3 N–H and O–H groups in total. The molecule has 0 aromatic heterocycles. The number of rotatable bonds is 9. The second kappa shape index (κ2) is 12.0. The normalized spacial score (nSPS) is 11.7. The Kier molecular flexibility index (Phi) is 9.34. The monoisotopic (exact) mass is 426 g/mol. The number of aliphatic imine (C=N–C) groups is 1. The molecule has 0 spiro atoms. The predicted molar refractivity (Wildman–Crippen MR) is 126 cm³/mol. The van der Waals surface area contributed by atoms with Gasteiger partial charge in [0.1, 0.15) is 5.75 Å². The summed E-state index contributed by atoms with van der Waals surface area (Å²) in [6.07, 6.45) is 0.838. The van der Waals surface area contributed by atoms with E-state index in [9.17, 15) is 4.79 Å². The molecule has 2 rings (SSSR count). The number of anilines is 1. The maximum absolute atomic E-state index is 12.4. The molecule has 0 atom stereocenters. The van der Waals surface area contributed by atoms with E-state index in [-0.39, 0.29) is 11.4 Å². The van der Waals surface area contributed by atoms with Crippen LogP contribution < -0.4 is 20.7 Å². The number of guanidine groups is 1. The van der Waals surface area contributed by atoms with Crippen molar-refractivity contribution in [3.05, 3.63) is 59.7 Å². The van der Waals surface area contributed by atoms with E-state index >= 15 is 0 Å². The van der Waals surface area contributed by atoms with E-state index in [4.69, 9.17) is 9.47 Å². The number of hydrogen-bond donors (Lipinski definition) is 3. The highest BCUT2D eigenvalue weighted by Gasteiger charge is 2.15. The van der Waals surface area contributed by atoms with Crippen LogP contribution in [0, 0.1) is 0 Å². The van der Waals surface area contributed by atoms with Crippen molar-refractivity contribution < 1.29 is 14.3 Å². The molecule has 0 bridgehead atoms. The number of nitrogens with zero attached hydrogens (tertiary/aromatic N) is 1. The number of carbonyl (C=O) groups excluding carboxylic acids is 1. The Morgan fingerprint density at radius 2 is 1.84 bits per heavy atom. The molecule has 1 amide bonds. The topological polar surface area (TPSA) is 84.0 Å². The van der Waals surface area contributed by atoms with E-state index in [1.54, 1.807) is 14.2 Å². The first-order valence-corrected chi connectivity index (χ1v) is 10.4. The summed E-state index contributed by atoms with van der Waals surface area (Å²) in [6, 6.07) is 15.3. The third kappa shape index (κ3) is 9.09. The molecule has 2 aromatic carbocycles. The lowest BCUT2D eigenvalue weighted by molar-refractivity contribution is 0.0919. The highest BCUT2D eigenvalue weighted by Crippen LogP contribution is 2.17. The van der Waals surface area contributed by atoms with Crippen LogP contribution >= 0.6 is 0 Å². The second-order valence-electron chi connectivity index (χ2n) is 8.18. The zero-order valence-electron chi connectivity index (χ0n) is 19.1. The summed E-state index contributed by atoms with van der Waals surface area (Å²) >= 11 is 0. The van der Waals surface area contributed by atoms with Gasteiger partial charge in [-0.2, -0.15) is 0 Å². The molecule has 0 heterocycles. The van der Waals surface area contributed by atoms with E-state index in [1.807, 2.05) is 69.3 Å². The van der Waals surface area contributed by atoms with Crippen molar-refractivity contribution in [2.75, 3.05) is 32.7 Å². The molecule has 168 valence electrons. The zero-order valence-corrected chi connectivity index (χ0v) is 19.1. The molecule has 0 aliphatic heterocycles. The van der Waals surface area contributed by atoms with Crippen molar-refractivity contribution in [3.63, 3.8) is 0 Å². The highest BCUT2D eigenvalue weighted by atomic mass is 16.5. The van der Waals surface area contributed by atoms with Crippen molar-refractivity contribution in [1.82, 2.24) is 10.6 Å². The number of hydrogen-bond acceptors (Lipinski definition) is 4. The number of carbonyl (C=O) groups is 1. The average molecular weight is 427 g/mol. The third-order valence-corrected chi connectivity index (χ3v) is 4.22. The Morgan fingerprint density at radius 1 is 1.06 bits per heavy atom. The minimum Gasteiger partial charge on any atom is -0.493 e. The first-order chi connectivity index (χ1) is 14.8. The Morgan fingerprint density at radius 3 is 2.55 bits per heavy atom. The molecule has 0 saturated carbocycles. The Labute approximate surface area is 185 Å². The van der Waals surface area contributed by atoms with Gasteiger partial charge in [-0.1, -0.05) is 18.2 Å². The zero-order chi connectivity index (χ0) is 22.7. The largest absolute Gasteiger partial charge is 0.493 e. The van der Waals surface area contributed by atoms with Crippen molar-refractivity contribution in [2.24, 2.45) is 4.99 Å². The van der Waals surface area contributed by atoms with Crippen LogP contribution in [0.5, 0.6) is 5.75 Å². The maximum atomic E-state index is 12.4. The van der Waals surface area contributed by atoms with Crippen molar-refractivity contribution in [3.8, 4) is 5.75 Å². The van der Waals surface area contributed by atoms with Gasteiger partial charge in [0.15, 0.2) is 5.96 Å². The summed E-state index contributed by atoms with van der Waals surface area (Å²) in [6.45, 7) is 7.70. The summed E-state index contributed by atoms with van der Waals surface area (Å²) < 4.78 is 10.8. The fourth-order valence-electron chi connectivity index (χ4n) is 2.79. The smallest absolute Gasteiger partial charge is 0.251 e. The molecule has 0 fully saturated rings. The molecule has 31 heavy (non-hydrogen) atoms. The maximum Gasteiger partial charge on any atom is 0.251 e. The fourth-order valence-corrected chi connectivity index (χ4v) is 2.79. The van der Waals surface area contributed by atoms with E-state index < -0.39 is 0 Å². The molecule has 0 aliphatic carbocycles. The molecule has 7 nitrogen and oxygen atoms in total. The van der Waals surface area contributed by atoms with Crippen LogP contribution in [0.4, 0.5) is 5.69 Å². The molecule has 0 saturated heterocycles. The summed E-state index contributed by atoms with van der Waals surface area (Å²) in [5, 5.41) is 9.53. The van der Waals surface area contributed by atoms with Crippen LogP contribution in [0.3, 0.4) is 0 Å². The summed E-state index contributed by atoms with van der Waals surface area (Å²) in [7, 11) is 3.40. The predicted octanol–water partition coefficient (Wildman–Crippen LogP) is 3.82. The Balaban J connectivity index is 1.93. The van der Waals surface area contributed by atoms with Gasteiger partial charge in [0.2, 0.25) is 0 Å². The van der Waals surface area contributed by atoms with Gasteiger partial charge >= 0.3 is 0 Å². The van der Waals surface area contributed by atoms with Crippen LogP contribution in [0.2, 0.25) is 0 Å². The van der Waals surface area contributed by atoms with Crippen molar-refractivity contribution in [1.29, 1.82) is 0 Å². The van der Waals surface area contributed by atoms with Gasteiger partial charge in [-0.25, -0.2) is 0 Å². The number of benzene rings is 2. The number of ether oxygens (including phenoxy) is 2. The Bertz CT molecular complexity index is 875. The minimum atomic E-state index is -0.278. The minimum absolute atomic E-state index is 0.0841. The third-order valence-electron chi connectivity index (χ3n) is 4.22. The van der Waals surface area contributed by atoms with Crippen LogP contribution in [0.25, 0.3) is 0 Å². The van der Waals surface area contributed by atoms with Crippen LogP contribution in [-0.2, 0) is 11.3 Å². The van der Waals surface area contributed by atoms with Gasteiger partial charge in [-0.3, -0.25) is 9.79 Å². The van der Waals surface area contributed by atoms with E-state index in [0.717, 1.165) is 23.4 Å². The number of nitrogens with one attached hydrogen (secondary N) is 3. The first-order valence-electron chi connectivity index (χ1n) is 10.4. The SMILES string of the molecule is CN=C(NCc1cccc(C(=O)NC(C)(C)C)c1)Nc1cccc(OCCCOC)c1. The van der Waals surface area contributed by atoms with Gasteiger partial charge in [0.05, 0.1) is 6.61 Å². The van der Waals surface area contributed by atoms with Gasteiger partial charge in [-0.05, 0) is 50.6 Å². The second-order valence-corrected chi connectivity index (χ2v) is 8.18. The lowest BCUT2D eigenvalue weighted by atomic mass is 10.1. The van der Waals surface area contributed by atoms with Gasteiger partial charge in [0, 0.05) is 56.6 Å². The lowest BCUT2D eigenvalue weighted by Crippen LogP contribution is -2.40. The fraction of sp³-hybridized carbons (Fsp3) is 0.417. The van der Waals surface area contributed by atoms with E-state index in [1.165, 1.54) is 0 Å². The van der Waals surface area contributed by atoms with Gasteiger partial charge in [0.25, 0.3) is 5.91 Å².